The summed E-state index contributed by atoms with van der Waals surface area (Å²) in [5.41, 5.74) is 0.635. The third kappa shape index (κ3) is 6.21. The van der Waals surface area contributed by atoms with Crippen molar-refractivity contribution in [3.8, 4) is 0 Å². The van der Waals surface area contributed by atoms with Gasteiger partial charge in [0.05, 0.1) is 23.3 Å². The maximum Gasteiger partial charge on any atom is 0.416 e. The van der Waals surface area contributed by atoms with Crippen molar-refractivity contribution in [2.24, 2.45) is 0 Å². The molecule has 2 atom stereocenters. The molecule has 1 fully saturated rings. The summed E-state index contributed by atoms with van der Waals surface area (Å²) in [6.07, 6.45) is -4.86. The second-order valence-corrected chi connectivity index (χ2v) is 10.8. The van der Waals surface area contributed by atoms with Gasteiger partial charge in [-0.1, -0.05) is 18.2 Å². The lowest BCUT2D eigenvalue weighted by atomic mass is 10.1. The van der Waals surface area contributed by atoms with Crippen molar-refractivity contribution in [2.75, 3.05) is 13.1 Å². The number of piperazine rings is 1. The molecule has 0 saturated carbocycles. The third-order valence-electron chi connectivity index (χ3n) is 5.87. The van der Waals surface area contributed by atoms with Crippen LogP contribution in [0.25, 0.3) is 0 Å². The topological polar surface area (TPSA) is 95.0 Å². The molecule has 1 aliphatic rings. The number of amides is 1. The molecule has 1 aliphatic heterocycles. The molecule has 3 rings (SSSR count). The Balaban J connectivity index is 1.75. The summed E-state index contributed by atoms with van der Waals surface area (Å²) in [5, 5.41) is 9.07. The minimum atomic E-state index is -4.46. The number of benzene rings is 2. The minimum absolute atomic E-state index is 0.00280. The van der Waals surface area contributed by atoms with E-state index in [0.29, 0.717) is 16.7 Å². The number of carbonyl (C=O) groups is 2. The molecule has 0 aromatic heterocycles. The van der Waals surface area contributed by atoms with Gasteiger partial charge < -0.3 is 10.0 Å². The van der Waals surface area contributed by atoms with E-state index in [9.17, 15) is 31.2 Å². The van der Waals surface area contributed by atoms with Crippen molar-refractivity contribution in [1.29, 1.82) is 0 Å². The van der Waals surface area contributed by atoms with Crippen molar-refractivity contribution in [3.05, 3.63) is 64.7 Å². The average molecular weight is 513 g/mol. The number of rotatable bonds is 6. The number of carbonyl (C=O) groups excluding carboxylic acids is 1. The summed E-state index contributed by atoms with van der Waals surface area (Å²) in [6.45, 7) is 5.29. The van der Waals surface area contributed by atoms with E-state index >= 15 is 0 Å². The van der Waals surface area contributed by atoms with E-state index in [1.165, 1.54) is 33.5 Å². The Hall–Kier alpha value is -2.92. The highest BCUT2D eigenvalue weighted by atomic mass is 32.2. The molecular weight excluding hydrogens is 485 g/mol. The Bertz CT molecular complexity index is 1200. The van der Waals surface area contributed by atoms with Crippen molar-refractivity contribution in [3.63, 3.8) is 0 Å². The molecule has 0 spiro atoms. The van der Waals surface area contributed by atoms with Gasteiger partial charge in [0.2, 0.25) is 15.9 Å². The predicted octanol–water partition coefficient (Wildman–Crippen LogP) is 3.49. The SMILES string of the molecule is Cc1cc(CC(=O)O)cc(S(=O)(=O)N2C(C)CN(C(=O)Cc3ccc(C(F)(F)F)cc3)C[C@@H]2C)c1. The summed E-state index contributed by atoms with van der Waals surface area (Å²) in [5.74, 6) is -1.37. The van der Waals surface area contributed by atoms with Gasteiger partial charge >= 0.3 is 12.1 Å². The van der Waals surface area contributed by atoms with Crippen LogP contribution in [0.1, 0.15) is 36.1 Å². The van der Waals surface area contributed by atoms with E-state index in [-0.39, 0.29) is 36.7 Å². The number of carboxylic acids is 1. The van der Waals surface area contributed by atoms with Gasteiger partial charge in [0.1, 0.15) is 0 Å². The van der Waals surface area contributed by atoms with Crippen LogP contribution in [-0.4, -0.2) is 59.8 Å². The van der Waals surface area contributed by atoms with Crippen molar-refractivity contribution < 1.29 is 36.3 Å². The van der Waals surface area contributed by atoms with Gasteiger partial charge in [-0.2, -0.15) is 17.5 Å². The van der Waals surface area contributed by atoms with E-state index in [1.54, 1.807) is 26.8 Å². The molecule has 1 saturated heterocycles. The highest BCUT2D eigenvalue weighted by Crippen LogP contribution is 2.30. The van der Waals surface area contributed by atoms with Gasteiger partial charge in [-0.15, -0.1) is 0 Å². The molecule has 7 nitrogen and oxygen atoms in total. The Morgan fingerprint density at radius 1 is 0.971 bits per heavy atom. The van der Waals surface area contributed by atoms with Gasteiger partial charge in [0.15, 0.2) is 0 Å². The fraction of sp³-hybridized carbons (Fsp3) is 0.417. The standard InChI is InChI=1S/C24H27F3N2O5S/c1-15-8-19(12-23(31)32)10-21(9-15)35(33,34)29-16(2)13-28(14-17(29)3)22(30)11-18-4-6-20(7-5-18)24(25,26)27/h4-10,16-17H,11-14H2,1-3H3,(H,31,32)/t16-,17?/m0/s1. The van der Waals surface area contributed by atoms with Crippen LogP contribution >= 0.6 is 0 Å². The molecule has 0 aliphatic carbocycles. The fourth-order valence-corrected chi connectivity index (χ4v) is 6.41. The summed E-state index contributed by atoms with van der Waals surface area (Å²) in [4.78, 5) is 25.4. The summed E-state index contributed by atoms with van der Waals surface area (Å²) < 4.78 is 66.5. The summed E-state index contributed by atoms with van der Waals surface area (Å²) in [6, 6.07) is 7.73. The zero-order valence-corrected chi connectivity index (χ0v) is 20.4. The number of nitrogens with zero attached hydrogens (tertiary/aromatic N) is 2. The molecule has 2 aromatic rings. The number of aryl methyl sites for hydroxylation is 1. The quantitative estimate of drug-likeness (QED) is 0.640. The number of hydrogen-bond donors (Lipinski definition) is 1. The molecule has 11 heteroatoms. The summed E-state index contributed by atoms with van der Waals surface area (Å²) in [7, 11) is -3.97. The Kier molecular flexibility index (Phi) is 7.61. The van der Waals surface area contributed by atoms with E-state index in [4.69, 9.17) is 5.11 Å². The second-order valence-electron chi connectivity index (χ2n) is 8.93. The first-order chi connectivity index (χ1) is 16.2. The monoisotopic (exact) mass is 512 g/mol. The van der Waals surface area contributed by atoms with Crippen LogP contribution in [0.5, 0.6) is 0 Å². The molecule has 35 heavy (non-hydrogen) atoms. The van der Waals surface area contributed by atoms with Crippen LogP contribution in [0.3, 0.4) is 0 Å². The number of sulfonamides is 1. The highest BCUT2D eigenvalue weighted by Gasteiger charge is 2.40. The lowest BCUT2D eigenvalue weighted by Gasteiger charge is -2.43. The predicted molar refractivity (Wildman–Crippen MR) is 122 cm³/mol. The van der Waals surface area contributed by atoms with Crippen LogP contribution < -0.4 is 0 Å². The molecule has 0 bridgehead atoms. The number of carboxylic acid groups (broad SMARTS) is 1. The normalized spacial score (nSPS) is 19.5. The lowest BCUT2D eigenvalue weighted by molar-refractivity contribution is -0.138. The first kappa shape index (κ1) is 26.7. The Morgan fingerprint density at radius 2 is 1.54 bits per heavy atom. The first-order valence-corrected chi connectivity index (χ1v) is 12.4. The lowest BCUT2D eigenvalue weighted by Crippen LogP contribution is -2.59. The minimum Gasteiger partial charge on any atom is -0.481 e. The van der Waals surface area contributed by atoms with E-state index in [2.05, 4.69) is 0 Å². The second kappa shape index (κ2) is 9.98. The zero-order valence-electron chi connectivity index (χ0n) is 19.5. The number of halogens is 3. The van der Waals surface area contributed by atoms with E-state index in [0.717, 1.165) is 12.1 Å². The molecule has 1 amide bonds. The zero-order chi connectivity index (χ0) is 26.1. The largest absolute Gasteiger partial charge is 0.481 e. The summed E-state index contributed by atoms with van der Waals surface area (Å²) >= 11 is 0. The number of alkyl halides is 3. The van der Waals surface area contributed by atoms with Crippen molar-refractivity contribution >= 4 is 21.9 Å². The Labute approximate surface area is 202 Å². The fourth-order valence-electron chi connectivity index (χ4n) is 4.46. The van der Waals surface area contributed by atoms with Gasteiger partial charge in [-0.25, -0.2) is 8.42 Å². The Morgan fingerprint density at radius 3 is 2.06 bits per heavy atom. The van der Waals surface area contributed by atoms with Crippen LogP contribution in [0.2, 0.25) is 0 Å². The number of aliphatic carboxylic acids is 1. The average Bonchev–Trinajstić information content (AvgIpc) is 2.71. The van der Waals surface area contributed by atoms with Gasteiger partial charge in [-0.05, 0) is 61.7 Å². The molecular formula is C24H27F3N2O5S. The van der Waals surface area contributed by atoms with Crippen LogP contribution in [0.4, 0.5) is 13.2 Å². The third-order valence-corrected chi connectivity index (χ3v) is 7.98. The van der Waals surface area contributed by atoms with Crippen LogP contribution in [-0.2, 0) is 38.6 Å². The smallest absolute Gasteiger partial charge is 0.416 e. The van der Waals surface area contributed by atoms with Crippen molar-refractivity contribution in [2.45, 2.75) is 56.8 Å². The van der Waals surface area contributed by atoms with Gasteiger partial charge in [0, 0.05) is 25.2 Å². The van der Waals surface area contributed by atoms with Gasteiger partial charge in [-0.3, -0.25) is 9.59 Å². The molecule has 0 radical (unpaired) electrons. The number of hydrogen-bond acceptors (Lipinski definition) is 4. The van der Waals surface area contributed by atoms with Crippen LogP contribution in [0.15, 0.2) is 47.4 Å². The highest BCUT2D eigenvalue weighted by molar-refractivity contribution is 7.89. The van der Waals surface area contributed by atoms with Crippen LogP contribution in [0, 0.1) is 6.92 Å². The molecule has 2 aromatic carbocycles. The van der Waals surface area contributed by atoms with Gasteiger partial charge in [0.25, 0.3) is 0 Å². The van der Waals surface area contributed by atoms with E-state index < -0.39 is 39.8 Å². The molecule has 190 valence electrons. The maximum absolute atomic E-state index is 13.5. The molecule has 1 unspecified atom stereocenters. The molecule has 1 N–H and O–H groups in total. The first-order valence-electron chi connectivity index (χ1n) is 11.0. The van der Waals surface area contributed by atoms with Crippen molar-refractivity contribution in [1.82, 2.24) is 9.21 Å². The molecule has 1 heterocycles. The maximum atomic E-state index is 13.5. The van der Waals surface area contributed by atoms with E-state index in [1.807, 2.05) is 0 Å².